The highest BCUT2D eigenvalue weighted by atomic mass is 16.2. The molecule has 0 saturated carbocycles. The zero-order valence-corrected chi connectivity index (χ0v) is 7.21. The third-order valence-electron chi connectivity index (χ3n) is 1.43. The average Bonchev–Trinajstić information content (AvgIpc) is 1.98. The molecule has 1 atom stereocenters. The maximum Gasteiger partial charge on any atom is 0.239 e. The molecule has 0 aliphatic heterocycles. The van der Waals surface area contributed by atoms with Gasteiger partial charge in [-0.1, -0.05) is 6.08 Å². The van der Waals surface area contributed by atoms with Gasteiger partial charge in [0.05, 0.1) is 6.04 Å². The third kappa shape index (κ3) is 3.18. The Labute approximate surface area is 67.9 Å². The molecule has 0 radical (unpaired) electrons. The first-order chi connectivity index (χ1) is 5.13. The minimum Gasteiger partial charge on any atom is -0.338 e. The van der Waals surface area contributed by atoms with E-state index in [0.717, 1.165) is 0 Å². The highest BCUT2D eigenvalue weighted by molar-refractivity contribution is 5.81. The zero-order chi connectivity index (χ0) is 8.85. The minimum absolute atomic E-state index is 0.0209. The lowest BCUT2D eigenvalue weighted by Crippen LogP contribution is -2.41. The van der Waals surface area contributed by atoms with Gasteiger partial charge >= 0.3 is 0 Å². The van der Waals surface area contributed by atoms with Gasteiger partial charge in [-0.15, -0.1) is 6.58 Å². The van der Waals surface area contributed by atoms with Gasteiger partial charge in [0.15, 0.2) is 0 Å². The van der Waals surface area contributed by atoms with Gasteiger partial charge < -0.3 is 10.6 Å². The van der Waals surface area contributed by atoms with Gasteiger partial charge in [-0.25, -0.2) is 0 Å². The van der Waals surface area contributed by atoms with Crippen molar-refractivity contribution < 1.29 is 4.79 Å². The van der Waals surface area contributed by atoms with Crippen molar-refractivity contribution in [1.82, 2.24) is 4.90 Å². The molecule has 0 aromatic rings. The molecule has 0 aliphatic rings. The van der Waals surface area contributed by atoms with E-state index >= 15 is 0 Å². The normalized spacial score (nSPS) is 12.3. The summed E-state index contributed by atoms with van der Waals surface area (Å²) in [6.07, 6.45) is 1.70. The summed E-state index contributed by atoms with van der Waals surface area (Å²) in [6, 6.07) is -0.408. The topological polar surface area (TPSA) is 46.3 Å². The number of nitrogens with zero attached hydrogens (tertiary/aromatic N) is 1. The largest absolute Gasteiger partial charge is 0.338 e. The van der Waals surface area contributed by atoms with Crippen LogP contribution in [0.5, 0.6) is 0 Å². The van der Waals surface area contributed by atoms with Crippen LogP contribution < -0.4 is 5.73 Å². The third-order valence-corrected chi connectivity index (χ3v) is 1.43. The molecule has 0 aromatic heterocycles. The summed E-state index contributed by atoms with van der Waals surface area (Å²) >= 11 is 0. The second-order valence-electron chi connectivity index (χ2n) is 2.45. The molecular weight excluding hydrogens is 140 g/mol. The number of carbonyl (C=O) groups excluding carboxylic acids is 1. The quantitative estimate of drug-likeness (QED) is 0.598. The number of hydrogen-bond acceptors (Lipinski definition) is 2. The average molecular weight is 156 g/mol. The number of nitrogens with two attached hydrogens (primary N) is 1. The number of likely N-dealkylation sites (N-methyl/N-ethyl adjacent to an activating group) is 1. The molecule has 3 heteroatoms. The van der Waals surface area contributed by atoms with Crippen LogP contribution in [-0.2, 0) is 4.79 Å². The van der Waals surface area contributed by atoms with Crippen LogP contribution in [0.25, 0.3) is 0 Å². The van der Waals surface area contributed by atoms with Crippen molar-refractivity contribution in [3.05, 3.63) is 12.7 Å². The molecule has 11 heavy (non-hydrogen) atoms. The van der Waals surface area contributed by atoms with Gasteiger partial charge in [-0.2, -0.15) is 0 Å². The van der Waals surface area contributed by atoms with E-state index in [1.807, 2.05) is 6.92 Å². The van der Waals surface area contributed by atoms with E-state index in [1.165, 1.54) is 0 Å². The Hall–Kier alpha value is -0.830. The van der Waals surface area contributed by atoms with Crippen LogP contribution in [0.15, 0.2) is 12.7 Å². The highest BCUT2D eigenvalue weighted by Gasteiger charge is 2.13. The van der Waals surface area contributed by atoms with Crippen LogP contribution in [-0.4, -0.2) is 29.9 Å². The molecule has 0 bridgehead atoms. The van der Waals surface area contributed by atoms with Crippen molar-refractivity contribution in [3.63, 3.8) is 0 Å². The van der Waals surface area contributed by atoms with Gasteiger partial charge in [0.1, 0.15) is 0 Å². The van der Waals surface area contributed by atoms with Crippen LogP contribution in [0.1, 0.15) is 13.8 Å². The maximum absolute atomic E-state index is 11.2. The molecular formula is C8H16N2O. The molecule has 3 nitrogen and oxygen atoms in total. The lowest BCUT2D eigenvalue weighted by Gasteiger charge is -2.20. The SMILES string of the molecule is C=CCN(CC)C(=O)C(C)N. The number of rotatable bonds is 4. The van der Waals surface area contributed by atoms with Crippen molar-refractivity contribution in [2.45, 2.75) is 19.9 Å². The molecule has 0 fully saturated rings. The Morgan fingerprint density at radius 3 is 2.64 bits per heavy atom. The van der Waals surface area contributed by atoms with E-state index in [4.69, 9.17) is 5.73 Å². The Bertz CT molecular complexity index is 143. The fraction of sp³-hybridized carbons (Fsp3) is 0.625. The molecule has 0 saturated heterocycles. The van der Waals surface area contributed by atoms with E-state index in [9.17, 15) is 4.79 Å². The van der Waals surface area contributed by atoms with Gasteiger partial charge in [0, 0.05) is 13.1 Å². The number of hydrogen-bond donors (Lipinski definition) is 1. The predicted molar refractivity (Wildman–Crippen MR) is 46.1 cm³/mol. The molecule has 2 N–H and O–H groups in total. The minimum atomic E-state index is -0.408. The second-order valence-corrected chi connectivity index (χ2v) is 2.45. The van der Waals surface area contributed by atoms with Crippen molar-refractivity contribution in [2.75, 3.05) is 13.1 Å². The summed E-state index contributed by atoms with van der Waals surface area (Å²) in [5, 5.41) is 0. The summed E-state index contributed by atoms with van der Waals surface area (Å²) in [5.41, 5.74) is 5.42. The highest BCUT2D eigenvalue weighted by Crippen LogP contribution is 1.92. The van der Waals surface area contributed by atoms with Crippen molar-refractivity contribution >= 4 is 5.91 Å². The number of amides is 1. The number of carbonyl (C=O) groups is 1. The van der Waals surface area contributed by atoms with Gasteiger partial charge in [-0.05, 0) is 13.8 Å². The van der Waals surface area contributed by atoms with Crippen LogP contribution >= 0.6 is 0 Å². The Kier molecular flexibility index (Phi) is 4.54. The Balaban J connectivity index is 4.02. The standard InChI is InChI=1S/C8H16N2O/c1-4-6-10(5-2)8(11)7(3)9/h4,7H,1,5-6,9H2,2-3H3. The molecule has 0 aromatic carbocycles. The summed E-state index contributed by atoms with van der Waals surface area (Å²) < 4.78 is 0. The first-order valence-corrected chi connectivity index (χ1v) is 3.78. The fourth-order valence-corrected chi connectivity index (χ4v) is 0.819. The summed E-state index contributed by atoms with van der Waals surface area (Å²) in [5.74, 6) is -0.0209. The summed E-state index contributed by atoms with van der Waals surface area (Å²) in [6.45, 7) is 8.43. The van der Waals surface area contributed by atoms with E-state index in [0.29, 0.717) is 13.1 Å². The first kappa shape index (κ1) is 10.2. The van der Waals surface area contributed by atoms with Crippen LogP contribution in [0.4, 0.5) is 0 Å². The smallest absolute Gasteiger partial charge is 0.239 e. The first-order valence-electron chi connectivity index (χ1n) is 3.78. The molecule has 0 aliphatic carbocycles. The molecule has 0 heterocycles. The molecule has 0 rings (SSSR count). The fourth-order valence-electron chi connectivity index (χ4n) is 0.819. The Morgan fingerprint density at radius 2 is 2.36 bits per heavy atom. The molecule has 1 unspecified atom stereocenters. The Morgan fingerprint density at radius 1 is 1.82 bits per heavy atom. The van der Waals surface area contributed by atoms with Crippen LogP contribution in [0.2, 0.25) is 0 Å². The predicted octanol–water partition coefficient (Wildman–Crippen LogP) is 0.368. The molecule has 0 spiro atoms. The van der Waals surface area contributed by atoms with E-state index in [2.05, 4.69) is 6.58 Å². The van der Waals surface area contributed by atoms with Crippen LogP contribution in [0.3, 0.4) is 0 Å². The molecule has 1 amide bonds. The van der Waals surface area contributed by atoms with E-state index in [1.54, 1.807) is 17.9 Å². The van der Waals surface area contributed by atoms with E-state index in [-0.39, 0.29) is 5.91 Å². The maximum atomic E-state index is 11.2. The summed E-state index contributed by atoms with van der Waals surface area (Å²) in [7, 11) is 0. The lowest BCUT2D eigenvalue weighted by molar-refractivity contribution is -0.131. The van der Waals surface area contributed by atoms with Gasteiger partial charge in [0.25, 0.3) is 0 Å². The van der Waals surface area contributed by atoms with Crippen molar-refractivity contribution in [3.8, 4) is 0 Å². The van der Waals surface area contributed by atoms with Crippen molar-refractivity contribution in [2.24, 2.45) is 5.73 Å². The van der Waals surface area contributed by atoms with Crippen molar-refractivity contribution in [1.29, 1.82) is 0 Å². The lowest BCUT2D eigenvalue weighted by atomic mass is 10.3. The summed E-state index contributed by atoms with van der Waals surface area (Å²) in [4.78, 5) is 12.9. The van der Waals surface area contributed by atoms with Crippen LogP contribution in [0, 0.1) is 0 Å². The van der Waals surface area contributed by atoms with Gasteiger partial charge in [-0.3, -0.25) is 4.79 Å². The van der Waals surface area contributed by atoms with E-state index < -0.39 is 6.04 Å². The monoisotopic (exact) mass is 156 g/mol. The van der Waals surface area contributed by atoms with Gasteiger partial charge in [0.2, 0.25) is 5.91 Å². The molecule has 64 valence electrons. The second kappa shape index (κ2) is 4.91. The zero-order valence-electron chi connectivity index (χ0n) is 7.21.